The van der Waals surface area contributed by atoms with Crippen LogP contribution >= 0.6 is 23.4 Å². The van der Waals surface area contributed by atoms with Gasteiger partial charge in [-0.15, -0.1) is 23.4 Å². The Labute approximate surface area is 141 Å². The van der Waals surface area contributed by atoms with E-state index in [0.717, 1.165) is 45.2 Å². The van der Waals surface area contributed by atoms with Crippen LogP contribution in [0.25, 0.3) is 0 Å². The standard InChI is InChI=1S/C16H26ClN3OS/c17-11-4-2-1-3-10(11)16(6-7-16)14(21)20-15-19-12-5-8-18-9-13(12)22-15/h10-13,15,18-19H,1-9H2,(H,20,21). The van der Waals surface area contributed by atoms with Gasteiger partial charge in [0.05, 0.1) is 5.41 Å². The molecule has 3 N–H and O–H groups in total. The Balaban J connectivity index is 1.38. The predicted octanol–water partition coefficient (Wildman–Crippen LogP) is 2.03. The topological polar surface area (TPSA) is 53.2 Å². The molecule has 0 radical (unpaired) electrons. The Morgan fingerprint density at radius 3 is 2.77 bits per heavy atom. The molecule has 0 aromatic carbocycles. The van der Waals surface area contributed by atoms with Gasteiger partial charge in [-0.1, -0.05) is 12.8 Å². The van der Waals surface area contributed by atoms with Gasteiger partial charge in [-0.25, -0.2) is 0 Å². The van der Waals surface area contributed by atoms with Crippen LogP contribution in [0.2, 0.25) is 0 Å². The van der Waals surface area contributed by atoms with Crippen LogP contribution in [0.1, 0.15) is 44.9 Å². The Bertz CT molecular complexity index is 431. The van der Waals surface area contributed by atoms with Gasteiger partial charge in [-0.3, -0.25) is 10.1 Å². The first-order valence-corrected chi connectivity index (χ1v) is 10.1. The molecule has 4 rings (SSSR count). The molecule has 4 aliphatic rings. The lowest BCUT2D eigenvalue weighted by Crippen LogP contribution is -2.50. The maximum absolute atomic E-state index is 12.9. The molecule has 124 valence electrons. The molecule has 0 bridgehead atoms. The molecule has 4 nitrogen and oxygen atoms in total. The van der Waals surface area contributed by atoms with Crippen molar-refractivity contribution >= 4 is 29.3 Å². The molecule has 2 saturated heterocycles. The van der Waals surface area contributed by atoms with Gasteiger partial charge in [0.2, 0.25) is 5.91 Å². The minimum atomic E-state index is -0.152. The van der Waals surface area contributed by atoms with E-state index in [0.29, 0.717) is 17.2 Å². The number of halogens is 1. The van der Waals surface area contributed by atoms with Crippen molar-refractivity contribution < 1.29 is 4.79 Å². The second-order valence-corrected chi connectivity index (χ2v) is 9.27. The predicted molar refractivity (Wildman–Crippen MR) is 91.0 cm³/mol. The number of nitrogens with one attached hydrogen (secondary N) is 3. The van der Waals surface area contributed by atoms with Gasteiger partial charge in [-0.05, 0) is 44.6 Å². The highest BCUT2D eigenvalue weighted by molar-refractivity contribution is 8.00. The van der Waals surface area contributed by atoms with Crippen molar-refractivity contribution in [2.75, 3.05) is 13.1 Å². The number of amides is 1. The summed E-state index contributed by atoms with van der Waals surface area (Å²) in [5.41, 5.74) is -0.0709. The first-order valence-electron chi connectivity index (χ1n) is 8.76. The van der Waals surface area contributed by atoms with Gasteiger partial charge in [0.1, 0.15) is 5.50 Å². The Morgan fingerprint density at radius 1 is 1.23 bits per heavy atom. The fourth-order valence-corrected chi connectivity index (χ4v) is 6.44. The quantitative estimate of drug-likeness (QED) is 0.686. The lowest BCUT2D eigenvalue weighted by Gasteiger charge is -2.34. The average molecular weight is 344 g/mol. The van der Waals surface area contributed by atoms with Gasteiger partial charge >= 0.3 is 0 Å². The monoisotopic (exact) mass is 343 g/mol. The van der Waals surface area contributed by atoms with Crippen molar-refractivity contribution in [2.45, 2.75) is 67.1 Å². The largest absolute Gasteiger partial charge is 0.331 e. The number of piperidine rings is 1. The molecule has 22 heavy (non-hydrogen) atoms. The van der Waals surface area contributed by atoms with E-state index >= 15 is 0 Å². The third-order valence-electron chi connectivity index (χ3n) is 6.00. The Morgan fingerprint density at radius 2 is 2.05 bits per heavy atom. The second-order valence-electron chi connectivity index (χ2n) is 7.36. The molecule has 2 aliphatic heterocycles. The van der Waals surface area contributed by atoms with Crippen molar-refractivity contribution in [3.63, 3.8) is 0 Å². The number of hydrogen-bond donors (Lipinski definition) is 3. The highest BCUT2D eigenvalue weighted by Gasteiger charge is 2.58. The lowest BCUT2D eigenvalue weighted by molar-refractivity contribution is -0.129. The molecule has 0 aromatic heterocycles. The number of hydrogen-bond acceptors (Lipinski definition) is 4. The van der Waals surface area contributed by atoms with E-state index in [1.807, 2.05) is 11.8 Å². The van der Waals surface area contributed by atoms with Crippen LogP contribution in [-0.4, -0.2) is 41.2 Å². The summed E-state index contributed by atoms with van der Waals surface area (Å²) in [6.07, 6.45) is 7.86. The van der Waals surface area contributed by atoms with Crippen molar-refractivity contribution in [3.05, 3.63) is 0 Å². The summed E-state index contributed by atoms with van der Waals surface area (Å²) in [6.45, 7) is 2.13. The maximum atomic E-state index is 12.9. The minimum absolute atomic E-state index is 0.0808. The molecule has 5 unspecified atom stereocenters. The fraction of sp³-hybridized carbons (Fsp3) is 0.938. The van der Waals surface area contributed by atoms with Gasteiger partial charge in [-0.2, -0.15) is 0 Å². The van der Waals surface area contributed by atoms with Gasteiger partial charge in [0, 0.05) is 23.2 Å². The van der Waals surface area contributed by atoms with Gasteiger partial charge in [0.25, 0.3) is 0 Å². The van der Waals surface area contributed by atoms with Gasteiger partial charge in [0.15, 0.2) is 0 Å². The van der Waals surface area contributed by atoms with E-state index in [2.05, 4.69) is 16.0 Å². The Hall–Kier alpha value is 0.0300. The first kappa shape index (κ1) is 15.6. The molecule has 2 saturated carbocycles. The van der Waals surface area contributed by atoms with E-state index in [9.17, 15) is 4.79 Å². The number of fused-ring (bicyclic) bond motifs is 1. The van der Waals surface area contributed by atoms with E-state index < -0.39 is 0 Å². The zero-order valence-electron chi connectivity index (χ0n) is 12.9. The molecular formula is C16H26ClN3OS. The van der Waals surface area contributed by atoms with E-state index in [1.54, 1.807) is 0 Å². The fourth-order valence-electron chi connectivity index (χ4n) is 4.52. The van der Waals surface area contributed by atoms with Crippen LogP contribution < -0.4 is 16.0 Å². The second kappa shape index (κ2) is 6.15. The number of carbonyl (C=O) groups is 1. The zero-order chi connectivity index (χ0) is 15.2. The zero-order valence-corrected chi connectivity index (χ0v) is 14.5. The minimum Gasteiger partial charge on any atom is -0.331 e. The van der Waals surface area contributed by atoms with Crippen LogP contribution in [-0.2, 0) is 4.79 Å². The van der Waals surface area contributed by atoms with E-state index in [1.165, 1.54) is 12.8 Å². The summed E-state index contributed by atoms with van der Waals surface area (Å²) in [7, 11) is 0. The molecular weight excluding hydrogens is 318 g/mol. The number of thioether (sulfide) groups is 1. The SMILES string of the molecule is O=C(NC1NC2CCNCC2S1)C1(C2CCCCC2Cl)CC1. The molecule has 0 aromatic rings. The summed E-state index contributed by atoms with van der Waals surface area (Å²) in [5.74, 6) is 0.639. The van der Waals surface area contributed by atoms with Crippen LogP contribution in [0, 0.1) is 11.3 Å². The van der Waals surface area contributed by atoms with Crippen LogP contribution in [0.15, 0.2) is 0 Å². The van der Waals surface area contributed by atoms with Crippen molar-refractivity contribution in [1.82, 2.24) is 16.0 Å². The summed E-state index contributed by atoms with van der Waals surface area (Å²) in [5, 5.41) is 11.1. The Kier molecular flexibility index (Phi) is 4.35. The molecule has 0 spiro atoms. The molecule has 1 amide bonds. The highest BCUT2D eigenvalue weighted by Crippen LogP contribution is 2.57. The van der Waals surface area contributed by atoms with Crippen molar-refractivity contribution in [1.29, 1.82) is 0 Å². The van der Waals surface area contributed by atoms with Crippen molar-refractivity contribution in [2.24, 2.45) is 11.3 Å². The molecule has 2 heterocycles. The normalized spacial score (nSPS) is 43.4. The maximum Gasteiger partial charge on any atom is 0.228 e. The van der Waals surface area contributed by atoms with E-state index in [4.69, 9.17) is 11.6 Å². The smallest absolute Gasteiger partial charge is 0.228 e. The number of rotatable bonds is 3. The molecule has 2 aliphatic carbocycles. The first-order chi connectivity index (χ1) is 10.7. The summed E-state index contributed by atoms with van der Waals surface area (Å²) in [4.78, 5) is 12.9. The van der Waals surface area contributed by atoms with Crippen molar-refractivity contribution in [3.8, 4) is 0 Å². The van der Waals surface area contributed by atoms with Crippen LogP contribution in [0.5, 0.6) is 0 Å². The van der Waals surface area contributed by atoms with Crippen LogP contribution in [0.3, 0.4) is 0 Å². The molecule has 5 atom stereocenters. The third-order valence-corrected chi connectivity index (χ3v) is 7.89. The lowest BCUT2D eigenvalue weighted by atomic mass is 9.77. The summed E-state index contributed by atoms with van der Waals surface area (Å²) in [6, 6.07) is 0.544. The number of carbonyl (C=O) groups excluding carboxylic acids is 1. The average Bonchev–Trinajstić information content (AvgIpc) is 3.22. The van der Waals surface area contributed by atoms with Crippen LogP contribution in [0.4, 0.5) is 0 Å². The van der Waals surface area contributed by atoms with E-state index in [-0.39, 0.29) is 22.2 Å². The molecule has 4 fully saturated rings. The number of alkyl halides is 1. The summed E-state index contributed by atoms with van der Waals surface area (Å²) < 4.78 is 0. The molecule has 6 heteroatoms. The van der Waals surface area contributed by atoms with Gasteiger partial charge < -0.3 is 10.6 Å². The third kappa shape index (κ3) is 2.79. The highest BCUT2D eigenvalue weighted by atomic mass is 35.5. The summed E-state index contributed by atoms with van der Waals surface area (Å²) >= 11 is 8.43.